The average molecular weight is 414 g/mol. The Balaban J connectivity index is 1.60. The van der Waals surface area contributed by atoms with Gasteiger partial charge in [0.25, 0.3) is 0 Å². The number of ketones is 1. The number of aliphatic hydroxyl groups is 1. The van der Waals surface area contributed by atoms with E-state index in [1.807, 2.05) is 11.1 Å². The summed E-state index contributed by atoms with van der Waals surface area (Å²) in [6, 6.07) is 3.66. The Bertz CT molecular complexity index is 1010. The molecule has 10 heteroatoms. The molecule has 2 aliphatic rings. The van der Waals surface area contributed by atoms with E-state index >= 15 is 0 Å². The summed E-state index contributed by atoms with van der Waals surface area (Å²) in [6.45, 7) is 2.08. The van der Waals surface area contributed by atoms with E-state index in [0.717, 1.165) is 5.39 Å². The van der Waals surface area contributed by atoms with E-state index in [2.05, 4.69) is 15.4 Å². The highest BCUT2D eigenvalue weighted by atomic mass is 16.5. The van der Waals surface area contributed by atoms with Gasteiger partial charge < -0.3 is 24.3 Å². The summed E-state index contributed by atoms with van der Waals surface area (Å²) in [7, 11) is 0. The molecule has 158 valence electrons. The molecule has 3 N–H and O–H groups in total. The number of nitrogens with zero attached hydrogens (tertiary/aromatic N) is 2. The molecule has 0 spiro atoms. The van der Waals surface area contributed by atoms with Crippen LogP contribution in [-0.4, -0.2) is 71.4 Å². The number of aromatic nitrogens is 2. The number of Topliss-reactive ketones (excluding diaryl/α,β-unsaturated/α-hetero) is 1. The van der Waals surface area contributed by atoms with Crippen LogP contribution in [0, 0.1) is 0 Å². The highest BCUT2D eigenvalue weighted by Gasteiger charge is 2.38. The molecule has 2 aromatic heterocycles. The van der Waals surface area contributed by atoms with Gasteiger partial charge in [-0.3, -0.25) is 10.2 Å². The number of carbonyl (C=O) groups is 2. The van der Waals surface area contributed by atoms with Gasteiger partial charge in [0.1, 0.15) is 5.65 Å². The summed E-state index contributed by atoms with van der Waals surface area (Å²) in [4.78, 5) is 32.8. The van der Waals surface area contributed by atoms with E-state index in [1.54, 1.807) is 24.5 Å². The summed E-state index contributed by atoms with van der Waals surface area (Å²) < 4.78 is 16.2. The van der Waals surface area contributed by atoms with Crippen LogP contribution in [0.4, 0.5) is 0 Å². The first-order chi connectivity index (χ1) is 14.7. The zero-order chi connectivity index (χ0) is 20.9. The fourth-order valence-electron chi connectivity index (χ4n) is 3.15. The molecule has 2 aliphatic heterocycles. The third kappa shape index (κ3) is 4.20. The maximum absolute atomic E-state index is 13.0. The van der Waals surface area contributed by atoms with Gasteiger partial charge in [0.2, 0.25) is 11.7 Å². The Morgan fingerprint density at radius 1 is 1.40 bits per heavy atom. The van der Waals surface area contributed by atoms with Gasteiger partial charge in [0, 0.05) is 49.5 Å². The third-order valence-corrected chi connectivity index (χ3v) is 4.67. The SMILES string of the molecule is O=C(OCCCO)C1=C(NN2CCOCC2)OC(=Cc2c[nH]c3ncccc23)C1=O. The Labute approximate surface area is 172 Å². The van der Waals surface area contributed by atoms with Crippen LogP contribution >= 0.6 is 0 Å². The summed E-state index contributed by atoms with van der Waals surface area (Å²) in [5.74, 6) is -1.34. The normalized spacial score (nSPS) is 18.8. The van der Waals surface area contributed by atoms with Crippen LogP contribution in [0.5, 0.6) is 0 Å². The molecular formula is C20H22N4O6. The predicted molar refractivity (Wildman–Crippen MR) is 105 cm³/mol. The molecule has 1 fully saturated rings. The Hall–Kier alpha value is -3.21. The first kappa shape index (κ1) is 20.1. The second-order valence-electron chi connectivity index (χ2n) is 6.71. The molecular weight excluding hydrogens is 392 g/mol. The lowest BCUT2D eigenvalue weighted by Crippen LogP contribution is -2.45. The number of allylic oxidation sites excluding steroid dienone is 1. The topological polar surface area (TPSA) is 126 Å². The molecule has 0 aliphatic carbocycles. The van der Waals surface area contributed by atoms with Crippen molar-refractivity contribution in [2.75, 3.05) is 39.5 Å². The molecule has 10 nitrogen and oxygen atoms in total. The van der Waals surface area contributed by atoms with E-state index in [1.165, 1.54) is 0 Å². The van der Waals surface area contributed by atoms with E-state index in [9.17, 15) is 9.59 Å². The molecule has 0 atom stereocenters. The first-order valence-electron chi connectivity index (χ1n) is 9.65. The molecule has 0 amide bonds. The van der Waals surface area contributed by atoms with Crippen molar-refractivity contribution in [3.8, 4) is 0 Å². The lowest BCUT2D eigenvalue weighted by atomic mass is 10.1. The van der Waals surface area contributed by atoms with Gasteiger partial charge in [-0.1, -0.05) is 0 Å². The standard InChI is InChI=1S/C20H22N4O6/c25-7-2-8-29-20(27)16-17(26)15(30-19(16)23-24-5-9-28-10-6-24)11-13-12-22-18-14(13)3-1-4-21-18/h1,3-4,11-12,23,25H,2,5-10H2,(H,21,22). The number of morpholine rings is 1. The summed E-state index contributed by atoms with van der Waals surface area (Å²) >= 11 is 0. The second-order valence-corrected chi connectivity index (χ2v) is 6.71. The summed E-state index contributed by atoms with van der Waals surface area (Å²) in [6.07, 6.45) is 5.23. The Morgan fingerprint density at radius 3 is 3.03 bits per heavy atom. The molecule has 0 aromatic carbocycles. The number of aliphatic hydroxyl groups excluding tert-OH is 1. The number of ether oxygens (including phenoxy) is 3. The van der Waals surface area contributed by atoms with Crippen molar-refractivity contribution in [2.45, 2.75) is 6.42 Å². The molecule has 30 heavy (non-hydrogen) atoms. The van der Waals surface area contributed by atoms with Crippen LogP contribution in [-0.2, 0) is 23.8 Å². The fraction of sp³-hybridized carbons (Fsp3) is 0.350. The largest absolute Gasteiger partial charge is 0.462 e. The molecule has 4 rings (SSSR count). The number of rotatable bonds is 7. The van der Waals surface area contributed by atoms with Crippen molar-refractivity contribution < 1.29 is 28.9 Å². The number of carbonyl (C=O) groups excluding carboxylic acids is 2. The number of esters is 1. The van der Waals surface area contributed by atoms with E-state index in [-0.39, 0.29) is 36.8 Å². The molecule has 4 heterocycles. The quantitative estimate of drug-likeness (QED) is 0.257. The molecule has 0 saturated carbocycles. The van der Waals surface area contributed by atoms with E-state index in [4.69, 9.17) is 19.3 Å². The van der Waals surface area contributed by atoms with Crippen molar-refractivity contribution in [1.29, 1.82) is 0 Å². The number of hydrogen-bond donors (Lipinski definition) is 3. The Kier molecular flexibility index (Phi) is 6.07. The number of hydrogen-bond acceptors (Lipinski definition) is 9. The number of aromatic amines is 1. The lowest BCUT2D eigenvalue weighted by molar-refractivity contribution is -0.140. The maximum Gasteiger partial charge on any atom is 0.347 e. The molecule has 1 saturated heterocycles. The minimum absolute atomic E-state index is 0.00408. The lowest BCUT2D eigenvalue weighted by Gasteiger charge is -2.27. The van der Waals surface area contributed by atoms with Crippen LogP contribution in [0.25, 0.3) is 17.1 Å². The van der Waals surface area contributed by atoms with Crippen LogP contribution < -0.4 is 5.43 Å². The van der Waals surface area contributed by atoms with Gasteiger partial charge in [0.05, 0.1) is 19.8 Å². The van der Waals surface area contributed by atoms with Crippen molar-refractivity contribution in [3.05, 3.63) is 47.3 Å². The number of nitrogens with one attached hydrogen (secondary N) is 2. The van der Waals surface area contributed by atoms with Crippen molar-refractivity contribution in [1.82, 2.24) is 20.4 Å². The molecule has 0 unspecified atom stereocenters. The highest BCUT2D eigenvalue weighted by Crippen LogP contribution is 2.28. The smallest absolute Gasteiger partial charge is 0.347 e. The predicted octanol–water partition coefficient (Wildman–Crippen LogP) is 0.477. The number of H-pyrrole nitrogens is 1. The molecule has 0 radical (unpaired) electrons. The second kappa shape index (κ2) is 9.08. The van der Waals surface area contributed by atoms with Crippen molar-refractivity contribution >= 4 is 28.9 Å². The zero-order valence-electron chi connectivity index (χ0n) is 16.2. The van der Waals surface area contributed by atoms with Gasteiger partial charge in [-0.2, -0.15) is 0 Å². The number of fused-ring (bicyclic) bond motifs is 1. The number of pyridine rings is 1. The fourth-order valence-corrected chi connectivity index (χ4v) is 3.15. The maximum atomic E-state index is 13.0. The van der Waals surface area contributed by atoms with E-state index in [0.29, 0.717) is 37.5 Å². The van der Waals surface area contributed by atoms with Crippen LogP contribution in [0.3, 0.4) is 0 Å². The van der Waals surface area contributed by atoms with Gasteiger partial charge in [0.15, 0.2) is 11.3 Å². The minimum atomic E-state index is -0.798. The van der Waals surface area contributed by atoms with Crippen molar-refractivity contribution in [3.63, 3.8) is 0 Å². The van der Waals surface area contributed by atoms with Crippen LogP contribution in [0.15, 0.2) is 41.7 Å². The Morgan fingerprint density at radius 2 is 2.23 bits per heavy atom. The average Bonchev–Trinajstić information content (AvgIpc) is 3.30. The molecule has 2 aromatic rings. The van der Waals surface area contributed by atoms with Gasteiger partial charge >= 0.3 is 5.97 Å². The third-order valence-electron chi connectivity index (χ3n) is 4.67. The van der Waals surface area contributed by atoms with E-state index < -0.39 is 11.8 Å². The highest BCUT2D eigenvalue weighted by molar-refractivity contribution is 6.26. The molecule has 0 bridgehead atoms. The van der Waals surface area contributed by atoms with Gasteiger partial charge in [-0.25, -0.2) is 14.8 Å². The minimum Gasteiger partial charge on any atom is -0.462 e. The van der Waals surface area contributed by atoms with Gasteiger partial charge in [-0.05, 0) is 18.2 Å². The summed E-state index contributed by atoms with van der Waals surface area (Å²) in [5, 5.41) is 11.5. The zero-order valence-corrected chi connectivity index (χ0v) is 16.2. The first-order valence-corrected chi connectivity index (χ1v) is 9.65. The van der Waals surface area contributed by atoms with Crippen LogP contribution in [0.1, 0.15) is 12.0 Å². The van der Waals surface area contributed by atoms with Crippen LogP contribution in [0.2, 0.25) is 0 Å². The van der Waals surface area contributed by atoms with Crippen molar-refractivity contribution in [2.24, 2.45) is 0 Å². The number of hydrazine groups is 1. The monoisotopic (exact) mass is 414 g/mol. The van der Waals surface area contributed by atoms with Gasteiger partial charge in [-0.15, -0.1) is 0 Å². The summed E-state index contributed by atoms with van der Waals surface area (Å²) in [5.41, 5.74) is 4.18.